The molecule has 6 heteroatoms. The summed E-state index contributed by atoms with van der Waals surface area (Å²) in [5.41, 5.74) is 2.36. The zero-order valence-corrected chi connectivity index (χ0v) is 13.9. The molecule has 1 saturated heterocycles. The van der Waals surface area contributed by atoms with E-state index < -0.39 is 11.6 Å². The van der Waals surface area contributed by atoms with Gasteiger partial charge in [0.1, 0.15) is 23.0 Å². The number of ether oxygens (including phenoxy) is 1. The maximum absolute atomic E-state index is 14.6. The molecule has 0 unspecified atom stereocenters. The van der Waals surface area contributed by atoms with Crippen molar-refractivity contribution in [3.63, 3.8) is 0 Å². The molecule has 0 radical (unpaired) electrons. The van der Waals surface area contributed by atoms with E-state index in [-0.39, 0.29) is 0 Å². The summed E-state index contributed by atoms with van der Waals surface area (Å²) in [6.07, 6.45) is 3.21. The SMILES string of the molecule is COc1ccc(F)cc1-c1c(F)cnc2[nH]c(C3CCNCC3)cc12. The number of rotatable bonds is 3. The monoisotopic (exact) mass is 343 g/mol. The molecular weight excluding hydrogens is 324 g/mol. The van der Waals surface area contributed by atoms with Crippen LogP contribution in [0.5, 0.6) is 5.75 Å². The minimum atomic E-state index is -0.493. The third-order valence-corrected chi connectivity index (χ3v) is 4.84. The summed E-state index contributed by atoms with van der Waals surface area (Å²) < 4.78 is 33.7. The molecule has 2 N–H and O–H groups in total. The van der Waals surface area contributed by atoms with Gasteiger partial charge in [-0.25, -0.2) is 13.8 Å². The summed E-state index contributed by atoms with van der Waals surface area (Å²) in [6, 6.07) is 6.06. The molecule has 1 aliphatic rings. The highest BCUT2D eigenvalue weighted by Gasteiger charge is 2.21. The molecule has 0 bridgehead atoms. The molecule has 0 atom stereocenters. The Morgan fingerprint density at radius 3 is 2.72 bits per heavy atom. The first-order valence-corrected chi connectivity index (χ1v) is 8.39. The number of nitrogens with one attached hydrogen (secondary N) is 2. The molecule has 2 aromatic heterocycles. The van der Waals surface area contributed by atoms with Gasteiger partial charge in [0.25, 0.3) is 0 Å². The summed E-state index contributed by atoms with van der Waals surface area (Å²) in [4.78, 5) is 7.49. The van der Waals surface area contributed by atoms with E-state index in [1.807, 2.05) is 6.07 Å². The number of fused-ring (bicyclic) bond motifs is 1. The molecule has 1 aromatic carbocycles. The van der Waals surface area contributed by atoms with Gasteiger partial charge in [-0.2, -0.15) is 0 Å². The van der Waals surface area contributed by atoms with E-state index in [0.29, 0.717) is 33.8 Å². The van der Waals surface area contributed by atoms with E-state index in [4.69, 9.17) is 4.74 Å². The summed E-state index contributed by atoms with van der Waals surface area (Å²) in [5.74, 6) is -0.111. The van der Waals surface area contributed by atoms with Crippen molar-refractivity contribution in [1.29, 1.82) is 0 Å². The Morgan fingerprint density at radius 2 is 1.96 bits per heavy atom. The van der Waals surface area contributed by atoms with E-state index >= 15 is 0 Å². The number of H-pyrrole nitrogens is 1. The quantitative estimate of drug-likeness (QED) is 0.756. The number of hydrogen-bond donors (Lipinski definition) is 2. The number of aromatic amines is 1. The molecule has 1 fully saturated rings. The summed E-state index contributed by atoms with van der Waals surface area (Å²) in [7, 11) is 1.49. The maximum atomic E-state index is 14.6. The van der Waals surface area contributed by atoms with Gasteiger partial charge in [-0.3, -0.25) is 0 Å². The second-order valence-electron chi connectivity index (χ2n) is 6.34. The van der Waals surface area contributed by atoms with Crippen molar-refractivity contribution in [3.05, 3.63) is 47.8 Å². The third kappa shape index (κ3) is 2.87. The predicted octanol–water partition coefficient (Wildman–Crippen LogP) is 3.98. The summed E-state index contributed by atoms with van der Waals surface area (Å²) in [5, 5.41) is 3.99. The van der Waals surface area contributed by atoms with Crippen molar-refractivity contribution >= 4 is 11.0 Å². The van der Waals surface area contributed by atoms with Crippen molar-refractivity contribution in [3.8, 4) is 16.9 Å². The lowest BCUT2D eigenvalue weighted by Crippen LogP contribution is -2.26. The topological polar surface area (TPSA) is 49.9 Å². The van der Waals surface area contributed by atoms with E-state index in [9.17, 15) is 8.78 Å². The van der Waals surface area contributed by atoms with Gasteiger partial charge in [0.15, 0.2) is 0 Å². The van der Waals surface area contributed by atoms with Crippen LogP contribution in [0.2, 0.25) is 0 Å². The fourth-order valence-corrected chi connectivity index (χ4v) is 3.57. The maximum Gasteiger partial charge on any atom is 0.150 e. The number of hydrogen-bond acceptors (Lipinski definition) is 3. The van der Waals surface area contributed by atoms with Gasteiger partial charge < -0.3 is 15.0 Å². The molecule has 0 aliphatic carbocycles. The fourth-order valence-electron chi connectivity index (χ4n) is 3.57. The number of pyridine rings is 1. The van der Waals surface area contributed by atoms with Crippen LogP contribution in [-0.2, 0) is 0 Å². The molecule has 0 spiro atoms. The zero-order chi connectivity index (χ0) is 17.4. The van der Waals surface area contributed by atoms with E-state index in [1.54, 1.807) is 0 Å². The minimum absolute atomic E-state index is 0.317. The van der Waals surface area contributed by atoms with Crippen LogP contribution >= 0.6 is 0 Å². The normalized spacial score (nSPS) is 15.6. The molecule has 130 valence electrons. The highest BCUT2D eigenvalue weighted by Crippen LogP contribution is 2.38. The average molecular weight is 343 g/mol. The third-order valence-electron chi connectivity index (χ3n) is 4.84. The first kappa shape index (κ1) is 16.0. The first-order valence-electron chi connectivity index (χ1n) is 8.39. The highest BCUT2D eigenvalue weighted by molar-refractivity contribution is 5.95. The molecule has 3 heterocycles. The molecule has 0 amide bonds. The second kappa shape index (κ2) is 6.44. The lowest BCUT2D eigenvalue weighted by Gasteiger charge is -2.21. The largest absolute Gasteiger partial charge is 0.496 e. The van der Waals surface area contributed by atoms with E-state index in [0.717, 1.165) is 31.6 Å². The Morgan fingerprint density at radius 1 is 1.16 bits per heavy atom. The number of aromatic nitrogens is 2. The van der Waals surface area contributed by atoms with E-state index in [2.05, 4.69) is 15.3 Å². The lowest BCUT2D eigenvalue weighted by molar-refractivity contribution is 0.415. The van der Waals surface area contributed by atoms with Gasteiger partial charge in [-0.1, -0.05) is 0 Å². The molecule has 3 aromatic rings. The predicted molar refractivity (Wildman–Crippen MR) is 92.8 cm³/mol. The Balaban J connectivity index is 1.90. The van der Waals surface area contributed by atoms with Crippen molar-refractivity contribution in [2.75, 3.05) is 20.2 Å². The molecule has 0 saturated carbocycles. The summed E-state index contributed by atoms with van der Waals surface area (Å²) in [6.45, 7) is 1.93. The number of halogens is 2. The number of nitrogens with zero attached hydrogens (tertiary/aromatic N) is 1. The van der Waals surface area contributed by atoms with Gasteiger partial charge in [0.2, 0.25) is 0 Å². The van der Waals surface area contributed by atoms with Gasteiger partial charge in [-0.05, 0) is 50.2 Å². The van der Waals surface area contributed by atoms with Crippen LogP contribution in [0.1, 0.15) is 24.5 Å². The van der Waals surface area contributed by atoms with Gasteiger partial charge in [0.05, 0.1) is 13.3 Å². The Labute approximate surface area is 144 Å². The minimum Gasteiger partial charge on any atom is -0.496 e. The number of methoxy groups -OCH3 is 1. The summed E-state index contributed by atoms with van der Waals surface area (Å²) >= 11 is 0. The van der Waals surface area contributed by atoms with Crippen LogP contribution in [0.4, 0.5) is 8.78 Å². The standard InChI is InChI=1S/C19H19F2N3O/c1-25-17-3-2-12(20)8-13(17)18-14-9-16(11-4-6-22-7-5-11)24-19(14)23-10-15(18)21/h2-3,8-11,22H,4-7H2,1H3,(H,23,24). The average Bonchev–Trinajstić information content (AvgIpc) is 3.06. The van der Waals surface area contributed by atoms with Crippen molar-refractivity contribution in [1.82, 2.24) is 15.3 Å². The van der Waals surface area contributed by atoms with Crippen LogP contribution in [0, 0.1) is 11.6 Å². The zero-order valence-electron chi connectivity index (χ0n) is 13.9. The number of piperidine rings is 1. The molecular formula is C19H19F2N3O. The van der Waals surface area contributed by atoms with Gasteiger partial charge in [0, 0.05) is 28.1 Å². The van der Waals surface area contributed by atoms with Crippen molar-refractivity contribution in [2.24, 2.45) is 0 Å². The van der Waals surface area contributed by atoms with E-state index in [1.165, 1.54) is 31.5 Å². The van der Waals surface area contributed by atoms with Crippen molar-refractivity contribution in [2.45, 2.75) is 18.8 Å². The molecule has 1 aliphatic heterocycles. The Bertz CT molecular complexity index is 916. The van der Waals surface area contributed by atoms with Crippen LogP contribution in [-0.4, -0.2) is 30.2 Å². The smallest absolute Gasteiger partial charge is 0.150 e. The van der Waals surface area contributed by atoms with Crippen LogP contribution in [0.15, 0.2) is 30.5 Å². The van der Waals surface area contributed by atoms with Gasteiger partial charge in [-0.15, -0.1) is 0 Å². The highest BCUT2D eigenvalue weighted by atomic mass is 19.1. The second-order valence-corrected chi connectivity index (χ2v) is 6.34. The fraction of sp³-hybridized carbons (Fsp3) is 0.316. The Hall–Kier alpha value is -2.47. The van der Waals surface area contributed by atoms with Crippen molar-refractivity contribution < 1.29 is 13.5 Å². The van der Waals surface area contributed by atoms with Crippen LogP contribution < -0.4 is 10.1 Å². The lowest BCUT2D eigenvalue weighted by atomic mass is 9.94. The first-order chi connectivity index (χ1) is 12.2. The molecule has 4 rings (SSSR count). The Kier molecular flexibility index (Phi) is 4.13. The molecule has 4 nitrogen and oxygen atoms in total. The van der Waals surface area contributed by atoms with Crippen LogP contribution in [0.3, 0.4) is 0 Å². The molecule has 25 heavy (non-hydrogen) atoms. The van der Waals surface area contributed by atoms with Crippen LogP contribution in [0.25, 0.3) is 22.2 Å². The van der Waals surface area contributed by atoms with Gasteiger partial charge >= 0.3 is 0 Å². The number of benzene rings is 1.